The Balaban J connectivity index is 1.66. The van der Waals surface area contributed by atoms with Gasteiger partial charge in [-0.1, -0.05) is 11.6 Å². The zero-order chi connectivity index (χ0) is 17.1. The van der Waals surface area contributed by atoms with Gasteiger partial charge in [-0.15, -0.1) is 22.7 Å². The van der Waals surface area contributed by atoms with Crippen molar-refractivity contribution in [2.45, 2.75) is 6.42 Å². The van der Waals surface area contributed by atoms with Crippen LogP contribution < -0.4 is 5.32 Å². The largest absolute Gasteiger partial charge is 0.302 e. The van der Waals surface area contributed by atoms with Crippen LogP contribution in [-0.4, -0.2) is 15.8 Å². The summed E-state index contributed by atoms with van der Waals surface area (Å²) in [4.78, 5) is 27.4. The number of nitro benzene ring substituents is 1. The number of non-ortho nitro benzene ring substituents is 1. The van der Waals surface area contributed by atoms with Crippen molar-refractivity contribution in [1.29, 1.82) is 0 Å². The number of carbonyl (C=O) groups excluding carboxylic acids is 1. The average Bonchev–Trinajstić information content (AvgIpc) is 3.16. The van der Waals surface area contributed by atoms with Crippen LogP contribution in [0.5, 0.6) is 0 Å². The number of carbonyl (C=O) groups is 1. The Labute approximate surface area is 149 Å². The standard InChI is InChI=1S/C15H10ClN3O3S2/c16-13-6-5-11(24-13)7-14(20)18-15-17-12(8-23-15)9-1-3-10(4-2-9)19(21)22/h1-6,8H,7H2,(H,17,18,20). The molecule has 0 radical (unpaired) electrons. The van der Waals surface area contributed by atoms with Crippen LogP contribution in [-0.2, 0) is 11.2 Å². The van der Waals surface area contributed by atoms with Gasteiger partial charge < -0.3 is 5.32 Å². The van der Waals surface area contributed by atoms with E-state index in [-0.39, 0.29) is 18.0 Å². The number of thiophene rings is 1. The van der Waals surface area contributed by atoms with Crippen molar-refractivity contribution in [3.05, 3.63) is 61.1 Å². The van der Waals surface area contributed by atoms with Gasteiger partial charge in [0.25, 0.3) is 5.69 Å². The van der Waals surface area contributed by atoms with Crippen LogP contribution >= 0.6 is 34.3 Å². The molecule has 3 aromatic rings. The van der Waals surface area contributed by atoms with Crippen LogP contribution in [0.2, 0.25) is 4.34 Å². The summed E-state index contributed by atoms with van der Waals surface area (Å²) in [6.07, 6.45) is 0.240. The van der Waals surface area contributed by atoms with E-state index in [2.05, 4.69) is 10.3 Å². The third-order valence-electron chi connectivity index (χ3n) is 3.09. The summed E-state index contributed by atoms with van der Waals surface area (Å²) in [6, 6.07) is 9.68. The molecule has 0 aliphatic rings. The van der Waals surface area contributed by atoms with Gasteiger partial charge in [0, 0.05) is 28.0 Å². The zero-order valence-electron chi connectivity index (χ0n) is 12.1. The predicted octanol–water partition coefficient (Wildman–Crippen LogP) is 4.61. The highest BCUT2D eigenvalue weighted by atomic mass is 35.5. The number of hydrogen-bond donors (Lipinski definition) is 1. The van der Waals surface area contributed by atoms with Gasteiger partial charge in [-0.05, 0) is 24.3 Å². The maximum atomic E-state index is 12.0. The third-order valence-corrected chi connectivity index (χ3v) is 5.08. The lowest BCUT2D eigenvalue weighted by Crippen LogP contribution is -2.13. The molecular weight excluding hydrogens is 370 g/mol. The van der Waals surface area contributed by atoms with Crippen LogP contribution in [0.3, 0.4) is 0 Å². The number of nitro groups is 1. The average molecular weight is 380 g/mol. The molecule has 2 heterocycles. The molecule has 0 aliphatic heterocycles. The van der Waals surface area contributed by atoms with E-state index in [9.17, 15) is 14.9 Å². The van der Waals surface area contributed by atoms with Crippen molar-refractivity contribution in [2.24, 2.45) is 0 Å². The van der Waals surface area contributed by atoms with E-state index in [1.54, 1.807) is 23.6 Å². The second-order valence-corrected chi connectivity index (χ2v) is 7.43. The fourth-order valence-electron chi connectivity index (χ4n) is 1.99. The first kappa shape index (κ1) is 16.6. The lowest BCUT2D eigenvalue weighted by atomic mass is 10.1. The number of halogens is 1. The molecule has 0 bridgehead atoms. The predicted molar refractivity (Wildman–Crippen MR) is 95.9 cm³/mol. The van der Waals surface area contributed by atoms with Crippen LogP contribution in [0.15, 0.2) is 41.8 Å². The first-order valence-corrected chi connectivity index (χ1v) is 8.83. The van der Waals surface area contributed by atoms with Crippen molar-refractivity contribution >= 4 is 51.0 Å². The van der Waals surface area contributed by atoms with E-state index in [4.69, 9.17) is 11.6 Å². The van der Waals surface area contributed by atoms with Gasteiger partial charge in [-0.2, -0.15) is 0 Å². The fraction of sp³-hybridized carbons (Fsp3) is 0.0667. The first-order valence-electron chi connectivity index (χ1n) is 6.75. The monoisotopic (exact) mass is 379 g/mol. The molecule has 0 fully saturated rings. The Morgan fingerprint density at radius 2 is 2.00 bits per heavy atom. The molecule has 0 atom stereocenters. The molecule has 0 unspecified atom stereocenters. The summed E-state index contributed by atoms with van der Waals surface area (Å²) in [7, 11) is 0. The number of thiazole rings is 1. The highest BCUT2D eigenvalue weighted by molar-refractivity contribution is 7.16. The van der Waals surface area contributed by atoms with Crippen LogP contribution in [0.1, 0.15) is 4.88 Å². The lowest BCUT2D eigenvalue weighted by molar-refractivity contribution is -0.384. The van der Waals surface area contributed by atoms with Gasteiger partial charge in [0.05, 0.1) is 21.4 Å². The van der Waals surface area contributed by atoms with Gasteiger partial charge in [-0.3, -0.25) is 14.9 Å². The molecule has 2 aromatic heterocycles. The second kappa shape index (κ2) is 7.08. The number of benzene rings is 1. The van der Waals surface area contributed by atoms with Crippen molar-refractivity contribution in [2.75, 3.05) is 5.32 Å². The Morgan fingerprint density at radius 3 is 2.62 bits per heavy atom. The summed E-state index contributed by atoms with van der Waals surface area (Å²) in [5.41, 5.74) is 1.43. The van der Waals surface area contributed by atoms with Gasteiger partial charge in [-0.25, -0.2) is 4.98 Å². The van der Waals surface area contributed by atoms with E-state index in [0.29, 0.717) is 15.2 Å². The summed E-state index contributed by atoms with van der Waals surface area (Å²) in [5.74, 6) is -0.168. The van der Waals surface area contributed by atoms with Crippen LogP contribution in [0, 0.1) is 10.1 Å². The van der Waals surface area contributed by atoms with E-state index in [0.717, 1.165) is 10.4 Å². The molecule has 122 valence electrons. The van der Waals surface area contributed by atoms with E-state index in [1.165, 1.54) is 34.8 Å². The number of anilines is 1. The van der Waals surface area contributed by atoms with Crippen molar-refractivity contribution < 1.29 is 9.72 Å². The maximum Gasteiger partial charge on any atom is 0.269 e. The first-order chi connectivity index (χ1) is 11.5. The summed E-state index contributed by atoms with van der Waals surface area (Å²) < 4.78 is 0.646. The Hall–Kier alpha value is -2.29. The minimum Gasteiger partial charge on any atom is -0.302 e. The van der Waals surface area contributed by atoms with Gasteiger partial charge >= 0.3 is 0 Å². The molecule has 0 aliphatic carbocycles. The number of rotatable bonds is 5. The molecule has 1 aromatic carbocycles. The smallest absolute Gasteiger partial charge is 0.269 e. The molecule has 3 rings (SSSR count). The molecule has 6 nitrogen and oxygen atoms in total. The lowest BCUT2D eigenvalue weighted by Gasteiger charge is -2.00. The van der Waals surface area contributed by atoms with Gasteiger partial charge in [0.1, 0.15) is 0 Å². The number of nitrogens with zero attached hydrogens (tertiary/aromatic N) is 2. The maximum absolute atomic E-state index is 12.0. The highest BCUT2D eigenvalue weighted by Gasteiger charge is 2.11. The van der Waals surface area contributed by atoms with Gasteiger partial charge in [0.15, 0.2) is 5.13 Å². The van der Waals surface area contributed by atoms with Crippen LogP contribution in [0.25, 0.3) is 11.3 Å². The normalized spacial score (nSPS) is 10.5. The molecule has 0 saturated carbocycles. The minimum absolute atomic E-state index is 0.0251. The van der Waals surface area contributed by atoms with E-state index >= 15 is 0 Å². The summed E-state index contributed by atoms with van der Waals surface area (Å²) in [6.45, 7) is 0. The zero-order valence-corrected chi connectivity index (χ0v) is 14.5. The molecular formula is C15H10ClN3O3S2. The number of nitrogens with one attached hydrogen (secondary N) is 1. The summed E-state index contributed by atoms with van der Waals surface area (Å²) >= 11 is 8.50. The number of hydrogen-bond acceptors (Lipinski definition) is 6. The fourth-order valence-corrected chi connectivity index (χ4v) is 3.81. The Kier molecular flexibility index (Phi) is 4.89. The number of aromatic nitrogens is 1. The Morgan fingerprint density at radius 1 is 1.25 bits per heavy atom. The molecule has 9 heteroatoms. The molecule has 1 amide bonds. The quantitative estimate of drug-likeness (QED) is 0.518. The van der Waals surface area contributed by atoms with Gasteiger partial charge in [0.2, 0.25) is 5.91 Å². The molecule has 1 N–H and O–H groups in total. The Bertz CT molecular complexity index is 890. The third kappa shape index (κ3) is 3.97. The second-order valence-electron chi connectivity index (χ2n) is 4.77. The van der Waals surface area contributed by atoms with Crippen molar-refractivity contribution in [1.82, 2.24) is 4.98 Å². The molecule has 0 spiro atoms. The number of amides is 1. The highest BCUT2D eigenvalue weighted by Crippen LogP contribution is 2.27. The van der Waals surface area contributed by atoms with Crippen molar-refractivity contribution in [3.8, 4) is 11.3 Å². The molecule has 24 heavy (non-hydrogen) atoms. The topological polar surface area (TPSA) is 85.1 Å². The van der Waals surface area contributed by atoms with E-state index in [1.807, 2.05) is 6.07 Å². The van der Waals surface area contributed by atoms with Crippen LogP contribution in [0.4, 0.5) is 10.8 Å². The van der Waals surface area contributed by atoms with Crippen molar-refractivity contribution in [3.63, 3.8) is 0 Å². The van der Waals surface area contributed by atoms with E-state index < -0.39 is 4.92 Å². The SMILES string of the molecule is O=C(Cc1ccc(Cl)s1)Nc1nc(-c2ccc([N+](=O)[O-])cc2)cs1. The minimum atomic E-state index is -0.451. The summed E-state index contributed by atoms with van der Waals surface area (Å²) in [5, 5.41) is 15.7. The molecule has 0 saturated heterocycles.